The van der Waals surface area contributed by atoms with Crippen molar-refractivity contribution < 1.29 is 9.53 Å². The monoisotopic (exact) mass is 268 g/mol. The van der Waals surface area contributed by atoms with Crippen molar-refractivity contribution in [1.82, 2.24) is 10.2 Å². The maximum Gasteiger partial charge on any atom is 0.225 e. The topological polar surface area (TPSA) is 41.6 Å². The lowest BCUT2D eigenvalue weighted by molar-refractivity contribution is -0.139. The Bertz CT molecular complexity index is 296. The molecule has 19 heavy (non-hydrogen) atoms. The first-order valence-electron chi connectivity index (χ1n) is 7.80. The van der Waals surface area contributed by atoms with Crippen LogP contribution in [-0.4, -0.2) is 49.7 Å². The predicted molar refractivity (Wildman–Crippen MR) is 76.0 cm³/mol. The number of piperidine rings is 2. The summed E-state index contributed by atoms with van der Waals surface area (Å²) in [6.07, 6.45) is 4.32. The van der Waals surface area contributed by atoms with Crippen molar-refractivity contribution in [3.8, 4) is 0 Å². The minimum atomic E-state index is 0.238. The van der Waals surface area contributed by atoms with Crippen molar-refractivity contribution in [3.63, 3.8) is 0 Å². The third-order valence-electron chi connectivity index (χ3n) is 4.36. The summed E-state index contributed by atoms with van der Waals surface area (Å²) in [5, 5.41) is 3.42. The third-order valence-corrected chi connectivity index (χ3v) is 4.36. The largest absolute Gasteiger partial charge is 0.381 e. The van der Waals surface area contributed by atoms with Crippen LogP contribution in [-0.2, 0) is 9.53 Å². The number of nitrogens with one attached hydrogen (secondary N) is 1. The molecule has 0 spiro atoms. The fourth-order valence-corrected chi connectivity index (χ4v) is 3.30. The second-order valence-corrected chi connectivity index (χ2v) is 6.03. The van der Waals surface area contributed by atoms with E-state index in [1.807, 2.05) is 6.92 Å². The molecule has 2 saturated heterocycles. The molecule has 110 valence electrons. The van der Waals surface area contributed by atoms with Crippen molar-refractivity contribution in [2.24, 2.45) is 11.8 Å². The number of hydrogen-bond acceptors (Lipinski definition) is 3. The highest BCUT2D eigenvalue weighted by molar-refractivity contribution is 5.79. The summed E-state index contributed by atoms with van der Waals surface area (Å²) in [4.78, 5) is 14.7. The molecule has 4 heteroatoms. The van der Waals surface area contributed by atoms with Gasteiger partial charge in [-0.3, -0.25) is 4.79 Å². The minimum absolute atomic E-state index is 0.238. The zero-order valence-electron chi connectivity index (χ0n) is 12.4. The molecule has 2 heterocycles. The Morgan fingerprint density at radius 1 is 1.42 bits per heavy atom. The SMILES string of the molecule is CCOCC1CCCN(C(=O)[C@H]2CCN[C@@H](C)C2)C1. The second kappa shape index (κ2) is 7.25. The molecule has 0 saturated carbocycles. The van der Waals surface area contributed by atoms with Crippen LogP contribution in [0.1, 0.15) is 39.5 Å². The first kappa shape index (κ1) is 14.8. The smallest absolute Gasteiger partial charge is 0.225 e. The maximum absolute atomic E-state index is 12.6. The van der Waals surface area contributed by atoms with E-state index >= 15 is 0 Å². The number of carbonyl (C=O) groups excluding carboxylic acids is 1. The zero-order chi connectivity index (χ0) is 13.7. The molecule has 0 aromatic heterocycles. The van der Waals surface area contributed by atoms with Gasteiger partial charge >= 0.3 is 0 Å². The van der Waals surface area contributed by atoms with Gasteiger partial charge in [-0.15, -0.1) is 0 Å². The normalized spacial score (nSPS) is 32.3. The van der Waals surface area contributed by atoms with Crippen LogP contribution in [0.25, 0.3) is 0 Å². The van der Waals surface area contributed by atoms with Crippen molar-refractivity contribution in [3.05, 3.63) is 0 Å². The molecule has 0 aromatic rings. The Kier molecular flexibility index (Phi) is 5.64. The average molecular weight is 268 g/mol. The molecule has 4 nitrogen and oxygen atoms in total. The van der Waals surface area contributed by atoms with Gasteiger partial charge in [0.25, 0.3) is 0 Å². The lowest BCUT2D eigenvalue weighted by Gasteiger charge is -2.37. The summed E-state index contributed by atoms with van der Waals surface area (Å²) in [6, 6.07) is 0.478. The molecule has 0 aromatic carbocycles. The first-order valence-corrected chi connectivity index (χ1v) is 7.80. The number of amides is 1. The Labute approximate surface area is 116 Å². The van der Waals surface area contributed by atoms with Crippen LogP contribution in [0.2, 0.25) is 0 Å². The lowest BCUT2D eigenvalue weighted by Crippen LogP contribution is -2.47. The predicted octanol–water partition coefficient (Wildman–Crippen LogP) is 1.65. The van der Waals surface area contributed by atoms with Crippen molar-refractivity contribution in [2.75, 3.05) is 32.8 Å². The van der Waals surface area contributed by atoms with Crippen molar-refractivity contribution in [1.29, 1.82) is 0 Å². The quantitative estimate of drug-likeness (QED) is 0.843. The molecule has 0 radical (unpaired) electrons. The number of ether oxygens (including phenoxy) is 1. The summed E-state index contributed by atoms with van der Waals surface area (Å²) in [6.45, 7) is 8.61. The van der Waals surface area contributed by atoms with E-state index in [1.165, 1.54) is 6.42 Å². The molecular weight excluding hydrogens is 240 g/mol. The maximum atomic E-state index is 12.6. The van der Waals surface area contributed by atoms with Gasteiger partial charge in [0.15, 0.2) is 0 Å². The van der Waals surface area contributed by atoms with E-state index in [1.54, 1.807) is 0 Å². The minimum Gasteiger partial charge on any atom is -0.381 e. The lowest BCUT2D eigenvalue weighted by atomic mass is 9.90. The van der Waals surface area contributed by atoms with Crippen LogP contribution in [0.5, 0.6) is 0 Å². The van der Waals surface area contributed by atoms with Gasteiger partial charge in [-0.2, -0.15) is 0 Å². The summed E-state index contributed by atoms with van der Waals surface area (Å²) >= 11 is 0. The van der Waals surface area contributed by atoms with E-state index in [0.29, 0.717) is 17.9 Å². The van der Waals surface area contributed by atoms with E-state index in [9.17, 15) is 4.79 Å². The van der Waals surface area contributed by atoms with Gasteiger partial charge in [-0.25, -0.2) is 0 Å². The molecule has 1 N–H and O–H groups in total. The molecule has 0 bridgehead atoms. The van der Waals surface area contributed by atoms with E-state index in [4.69, 9.17) is 4.74 Å². The number of hydrogen-bond donors (Lipinski definition) is 1. The number of carbonyl (C=O) groups is 1. The van der Waals surface area contributed by atoms with Gasteiger partial charge in [-0.05, 0) is 52.0 Å². The molecule has 3 atom stereocenters. The van der Waals surface area contributed by atoms with E-state index in [0.717, 1.165) is 52.1 Å². The first-order chi connectivity index (χ1) is 9.20. The highest BCUT2D eigenvalue weighted by Crippen LogP contribution is 2.23. The standard InChI is InChI=1S/C15H28N2O2/c1-3-19-11-13-5-4-8-17(10-13)15(18)14-6-7-16-12(2)9-14/h12-14,16H,3-11H2,1-2H3/t12-,13?,14-/m0/s1. The molecule has 1 amide bonds. The molecule has 0 aliphatic carbocycles. The molecule has 2 rings (SSSR count). The summed E-state index contributed by atoms with van der Waals surface area (Å²) in [5.41, 5.74) is 0. The Morgan fingerprint density at radius 3 is 3.00 bits per heavy atom. The van der Waals surface area contributed by atoms with E-state index < -0.39 is 0 Å². The van der Waals surface area contributed by atoms with Gasteiger partial charge in [0.2, 0.25) is 5.91 Å². The van der Waals surface area contributed by atoms with Crippen LogP contribution >= 0.6 is 0 Å². The molecule has 2 fully saturated rings. The van der Waals surface area contributed by atoms with E-state index in [2.05, 4.69) is 17.1 Å². The highest BCUT2D eigenvalue weighted by Gasteiger charge is 2.31. The van der Waals surface area contributed by atoms with Gasteiger partial charge in [0, 0.05) is 31.7 Å². The summed E-state index contributed by atoms with van der Waals surface area (Å²) in [5.74, 6) is 1.16. The van der Waals surface area contributed by atoms with Crippen LogP contribution in [0.3, 0.4) is 0 Å². The Morgan fingerprint density at radius 2 is 2.26 bits per heavy atom. The average Bonchev–Trinajstić information content (AvgIpc) is 2.44. The number of nitrogens with zero attached hydrogens (tertiary/aromatic N) is 1. The van der Waals surface area contributed by atoms with Gasteiger partial charge < -0.3 is 15.0 Å². The molecule has 1 unspecified atom stereocenters. The zero-order valence-corrected chi connectivity index (χ0v) is 12.4. The summed E-state index contributed by atoms with van der Waals surface area (Å²) in [7, 11) is 0. The van der Waals surface area contributed by atoms with Gasteiger partial charge in [0.05, 0.1) is 6.61 Å². The fraction of sp³-hybridized carbons (Fsp3) is 0.933. The second-order valence-electron chi connectivity index (χ2n) is 6.03. The molecular formula is C15H28N2O2. The van der Waals surface area contributed by atoms with Gasteiger partial charge in [-0.1, -0.05) is 0 Å². The molecule has 2 aliphatic heterocycles. The van der Waals surface area contributed by atoms with E-state index in [-0.39, 0.29) is 5.92 Å². The van der Waals surface area contributed by atoms with Gasteiger partial charge in [0.1, 0.15) is 0 Å². The third kappa shape index (κ3) is 4.18. The number of rotatable bonds is 4. The Balaban J connectivity index is 1.84. The Hall–Kier alpha value is -0.610. The fourth-order valence-electron chi connectivity index (χ4n) is 3.30. The van der Waals surface area contributed by atoms with Crippen LogP contribution < -0.4 is 5.32 Å². The van der Waals surface area contributed by atoms with Crippen LogP contribution in [0, 0.1) is 11.8 Å². The van der Waals surface area contributed by atoms with Crippen molar-refractivity contribution >= 4 is 5.91 Å². The van der Waals surface area contributed by atoms with Crippen LogP contribution in [0.15, 0.2) is 0 Å². The summed E-state index contributed by atoms with van der Waals surface area (Å²) < 4.78 is 5.52. The number of likely N-dealkylation sites (tertiary alicyclic amines) is 1. The van der Waals surface area contributed by atoms with Crippen LogP contribution in [0.4, 0.5) is 0 Å². The van der Waals surface area contributed by atoms with Crippen molar-refractivity contribution in [2.45, 2.75) is 45.6 Å². The molecule has 2 aliphatic rings. The highest BCUT2D eigenvalue weighted by atomic mass is 16.5.